The van der Waals surface area contributed by atoms with Crippen molar-refractivity contribution < 1.29 is 9.53 Å². The molecule has 1 amide bonds. The second kappa shape index (κ2) is 5.02. The Kier molecular flexibility index (Phi) is 3.74. The van der Waals surface area contributed by atoms with Gasteiger partial charge in [0.05, 0.1) is 10.4 Å². The predicted octanol–water partition coefficient (Wildman–Crippen LogP) is 3.45. The molecule has 0 saturated carbocycles. The third-order valence-corrected chi connectivity index (χ3v) is 4.43. The number of carbonyl (C=O) groups excluding carboxylic acids is 1. The Morgan fingerprint density at radius 1 is 1.42 bits per heavy atom. The van der Waals surface area contributed by atoms with Crippen LogP contribution in [0.15, 0.2) is 41.3 Å². The zero-order valence-electron chi connectivity index (χ0n) is 11.8. The Labute approximate surface area is 118 Å². The van der Waals surface area contributed by atoms with Gasteiger partial charge in [-0.1, -0.05) is 18.7 Å². The molecule has 1 heterocycles. The Morgan fingerprint density at radius 2 is 2.05 bits per heavy atom. The third kappa shape index (κ3) is 2.42. The minimum absolute atomic E-state index is 0.0901. The van der Waals surface area contributed by atoms with Gasteiger partial charge in [-0.15, -0.1) is 11.8 Å². The second-order valence-electron chi connectivity index (χ2n) is 5.22. The maximum absolute atomic E-state index is 12.5. The average molecular weight is 277 g/mol. The van der Waals surface area contributed by atoms with E-state index in [0.717, 1.165) is 10.6 Å². The number of nitrogens with zero attached hydrogens (tertiary/aromatic N) is 1. The van der Waals surface area contributed by atoms with Gasteiger partial charge in [0, 0.05) is 17.6 Å². The van der Waals surface area contributed by atoms with Crippen molar-refractivity contribution in [3.05, 3.63) is 36.4 Å². The van der Waals surface area contributed by atoms with Crippen LogP contribution in [0.1, 0.15) is 20.8 Å². The van der Waals surface area contributed by atoms with Crippen molar-refractivity contribution in [3.63, 3.8) is 0 Å². The van der Waals surface area contributed by atoms with E-state index in [4.69, 9.17) is 4.74 Å². The van der Waals surface area contributed by atoms with Gasteiger partial charge >= 0.3 is 0 Å². The first-order valence-corrected chi connectivity index (χ1v) is 7.00. The second-order valence-corrected chi connectivity index (χ2v) is 6.91. The van der Waals surface area contributed by atoms with Gasteiger partial charge in [0.25, 0.3) is 5.91 Å². The molecule has 1 unspecified atom stereocenters. The summed E-state index contributed by atoms with van der Waals surface area (Å²) >= 11 is 1.73. The number of para-hydroxylation sites is 1. The van der Waals surface area contributed by atoms with Crippen LogP contribution in [0.3, 0.4) is 0 Å². The number of hydrogen-bond acceptors (Lipinski definition) is 3. The van der Waals surface area contributed by atoms with Crippen LogP contribution in [0.25, 0.3) is 0 Å². The molecule has 0 spiro atoms. The van der Waals surface area contributed by atoms with Crippen molar-refractivity contribution in [1.82, 2.24) is 0 Å². The fraction of sp³-hybridized carbons (Fsp3) is 0.400. The molecule has 0 N–H and O–H groups in total. The fourth-order valence-corrected chi connectivity index (χ4v) is 3.61. The van der Waals surface area contributed by atoms with Crippen molar-refractivity contribution in [2.24, 2.45) is 0 Å². The molecular formula is C15H19NO2S. The van der Waals surface area contributed by atoms with Gasteiger partial charge in [0.15, 0.2) is 6.23 Å². The minimum atomic E-state index is -0.309. The van der Waals surface area contributed by atoms with E-state index in [9.17, 15) is 4.79 Å². The van der Waals surface area contributed by atoms with Crippen LogP contribution in [0.2, 0.25) is 0 Å². The molecular weight excluding hydrogens is 258 g/mol. The molecule has 0 aliphatic carbocycles. The first-order valence-electron chi connectivity index (χ1n) is 6.18. The maximum atomic E-state index is 12.5. The Balaban J connectivity index is 2.58. The summed E-state index contributed by atoms with van der Waals surface area (Å²) in [5, 5.41) is 0. The van der Waals surface area contributed by atoms with Gasteiger partial charge in [0.2, 0.25) is 0 Å². The monoisotopic (exact) mass is 277 g/mol. The van der Waals surface area contributed by atoms with E-state index in [0.29, 0.717) is 5.57 Å². The number of ether oxygens (including phenoxy) is 1. The molecule has 0 saturated heterocycles. The van der Waals surface area contributed by atoms with Crippen LogP contribution >= 0.6 is 11.8 Å². The summed E-state index contributed by atoms with van der Waals surface area (Å²) in [6.07, 6.45) is -0.309. The molecule has 1 aromatic rings. The van der Waals surface area contributed by atoms with Crippen LogP contribution in [0.4, 0.5) is 5.69 Å². The highest BCUT2D eigenvalue weighted by Crippen LogP contribution is 2.48. The van der Waals surface area contributed by atoms with Gasteiger partial charge in [-0.2, -0.15) is 0 Å². The molecule has 1 aliphatic heterocycles. The number of thioether (sulfide) groups is 1. The van der Waals surface area contributed by atoms with Crippen LogP contribution in [-0.4, -0.2) is 24.0 Å². The highest BCUT2D eigenvalue weighted by atomic mass is 32.2. The third-order valence-electron chi connectivity index (χ3n) is 3.13. The Morgan fingerprint density at radius 3 is 2.63 bits per heavy atom. The normalized spacial score (nSPS) is 20.8. The van der Waals surface area contributed by atoms with Crippen LogP contribution < -0.4 is 4.90 Å². The lowest BCUT2D eigenvalue weighted by molar-refractivity contribution is -0.118. The summed E-state index contributed by atoms with van der Waals surface area (Å²) in [5.74, 6) is -0.0901. The van der Waals surface area contributed by atoms with E-state index in [2.05, 4.69) is 20.4 Å². The number of amides is 1. The van der Waals surface area contributed by atoms with E-state index >= 15 is 0 Å². The summed E-state index contributed by atoms with van der Waals surface area (Å²) in [4.78, 5) is 15.3. The summed E-state index contributed by atoms with van der Waals surface area (Å²) < 4.78 is 5.38. The number of hydrogen-bond donors (Lipinski definition) is 0. The summed E-state index contributed by atoms with van der Waals surface area (Å²) in [7, 11) is 1.64. The molecule has 19 heavy (non-hydrogen) atoms. The molecule has 0 aromatic heterocycles. The first kappa shape index (κ1) is 14.2. The number of benzene rings is 1. The maximum Gasteiger partial charge on any atom is 0.255 e. The number of anilines is 1. The predicted molar refractivity (Wildman–Crippen MR) is 79.5 cm³/mol. The van der Waals surface area contributed by atoms with E-state index in [1.54, 1.807) is 30.7 Å². The minimum Gasteiger partial charge on any atom is -0.360 e. The molecule has 3 nitrogen and oxygen atoms in total. The van der Waals surface area contributed by atoms with Crippen molar-refractivity contribution in [1.29, 1.82) is 0 Å². The topological polar surface area (TPSA) is 29.5 Å². The zero-order valence-corrected chi connectivity index (χ0v) is 12.6. The first-order chi connectivity index (χ1) is 8.88. The molecule has 0 fully saturated rings. The number of carbonyl (C=O) groups is 1. The molecule has 102 valence electrons. The largest absolute Gasteiger partial charge is 0.360 e. The van der Waals surface area contributed by atoms with Crippen molar-refractivity contribution >= 4 is 23.4 Å². The highest BCUT2D eigenvalue weighted by Gasteiger charge is 2.43. The van der Waals surface area contributed by atoms with Crippen molar-refractivity contribution in [3.8, 4) is 0 Å². The molecule has 0 radical (unpaired) electrons. The van der Waals surface area contributed by atoms with Crippen LogP contribution in [0.5, 0.6) is 0 Å². The van der Waals surface area contributed by atoms with Gasteiger partial charge in [0.1, 0.15) is 0 Å². The van der Waals surface area contributed by atoms with E-state index in [1.807, 2.05) is 24.3 Å². The van der Waals surface area contributed by atoms with Crippen molar-refractivity contribution in [2.45, 2.75) is 36.6 Å². The number of methoxy groups -OCH3 is 1. The quantitative estimate of drug-likeness (QED) is 0.775. The lowest BCUT2D eigenvalue weighted by atomic mass is 10.1. The fourth-order valence-electron chi connectivity index (χ4n) is 2.32. The highest BCUT2D eigenvalue weighted by molar-refractivity contribution is 8.01. The number of rotatable bonds is 2. The van der Waals surface area contributed by atoms with Gasteiger partial charge in [-0.05, 0) is 32.9 Å². The average Bonchev–Trinajstić information content (AvgIpc) is 2.35. The van der Waals surface area contributed by atoms with Crippen LogP contribution in [-0.2, 0) is 9.53 Å². The molecule has 4 heteroatoms. The molecule has 0 bridgehead atoms. The Hall–Kier alpha value is -1.26. The standard InChI is InChI=1S/C15H19NO2S/c1-10(2)13(17)16-11-8-6-7-9-12(11)19-15(3,4)14(16)18-5/h6-9,14H,1H2,2-5H3. The van der Waals surface area contributed by atoms with E-state index in [1.165, 1.54) is 0 Å². The molecule has 2 rings (SSSR count). The summed E-state index contributed by atoms with van der Waals surface area (Å²) in [5.41, 5.74) is 1.41. The molecule has 1 aromatic carbocycles. The molecule has 1 atom stereocenters. The number of fused-ring (bicyclic) bond motifs is 1. The van der Waals surface area contributed by atoms with Crippen molar-refractivity contribution in [2.75, 3.05) is 12.0 Å². The van der Waals surface area contributed by atoms with Crippen LogP contribution in [0, 0.1) is 0 Å². The lowest BCUT2D eigenvalue weighted by Crippen LogP contribution is -2.54. The smallest absolute Gasteiger partial charge is 0.255 e. The summed E-state index contributed by atoms with van der Waals surface area (Å²) in [6.45, 7) is 9.66. The lowest BCUT2D eigenvalue weighted by Gasteiger charge is -2.45. The van der Waals surface area contributed by atoms with E-state index < -0.39 is 0 Å². The van der Waals surface area contributed by atoms with Gasteiger partial charge < -0.3 is 4.74 Å². The molecule has 1 aliphatic rings. The zero-order chi connectivity index (χ0) is 14.2. The van der Waals surface area contributed by atoms with Gasteiger partial charge in [-0.25, -0.2) is 0 Å². The SMILES string of the molecule is C=C(C)C(=O)N1c2ccccc2SC(C)(C)C1OC. The van der Waals surface area contributed by atoms with E-state index in [-0.39, 0.29) is 16.9 Å². The Bertz CT molecular complexity index is 525. The summed E-state index contributed by atoms with van der Waals surface area (Å²) in [6, 6.07) is 7.90. The van der Waals surface area contributed by atoms with Gasteiger partial charge in [-0.3, -0.25) is 9.69 Å².